The van der Waals surface area contributed by atoms with E-state index in [0.29, 0.717) is 22.5 Å². The Balaban J connectivity index is 1.88. The molecule has 0 spiro atoms. The number of fused-ring (bicyclic) bond motifs is 1. The fourth-order valence-corrected chi connectivity index (χ4v) is 6.38. The number of rotatable bonds is 6. The minimum absolute atomic E-state index is 0.230. The highest BCUT2D eigenvalue weighted by molar-refractivity contribution is 7.84. The zero-order chi connectivity index (χ0) is 28.0. The van der Waals surface area contributed by atoms with Crippen LogP contribution in [-0.2, 0) is 16.6 Å². The van der Waals surface area contributed by atoms with Crippen LogP contribution in [0.15, 0.2) is 60.8 Å². The van der Waals surface area contributed by atoms with Crippen LogP contribution in [0.1, 0.15) is 49.7 Å². The van der Waals surface area contributed by atoms with Gasteiger partial charge in [-0.1, -0.05) is 41.4 Å². The van der Waals surface area contributed by atoms with E-state index in [1.54, 1.807) is 24.3 Å². The summed E-state index contributed by atoms with van der Waals surface area (Å²) < 4.78 is 57.0. The Labute approximate surface area is 235 Å². The van der Waals surface area contributed by atoms with Gasteiger partial charge in [-0.15, -0.1) is 11.3 Å². The molecule has 2 aromatic carbocycles. The molecule has 0 amide bonds. The standard InChI is InChI=1S/C27H25Cl2F3N2O2S2/c1-25(2,3)38(36)34-23(18-7-5-6-8-20(18)29)22-12-15-11-17(28)14-19(24(15)37-22)21-13-16(9-10-33-21)26(4,35)27(30,31)32/h5-14,23,34-35H,1-4H3/t23-,26+,38?/m1/s1. The number of aliphatic hydroxyl groups is 1. The van der Waals surface area contributed by atoms with Crippen LogP contribution < -0.4 is 4.72 Å². The molecule has 0 saturated heterocycles. The normalized spacial score (nSPS) is 15.8. The molecule has 4 rings (SSSR count). The van der Waals surface area contributed by atoms with Gasteiger partial charge in [0.05, 0.1) is 27.5 Å². The van der Waals surface area contributed by atoms with E-state index in [2.05, 4.69) is 9.71 Å². The summed E-state index contributed by atoms with van der Waals surface area (Å²) in [5.74, 6) is 0. The molecule has 0 bridgehead atoms. The van der Waals surface area contributed by atoms with Crippen LogP contribution in [-0.4, -0.2) is 25.2 Å². The van der Waals surface area contributed by atoms with Crippen LogP contribution in [0.5, 0.6) is 0 Å². The van der Waals surface area contributed by atoms with Crippen molar-refractivity contribution in [1.29, 1.82) is 0 Å². The quantitative estimate of drug-likeness (QED) is 0.234. The summed E-state index contributed by atoms with van der Waals surface area (Å²) in [7, 11) is -1.44. The van der Waals surface area contributed by atoms with Crippen molar-refractivity contribution in [1.82, 2.24) is 9.71 Å². The van der Waals surface area contributed by atoms with Gasteiger partial charge in [0.2, 0.25) is 0 Å². The average Bonchev–Trinajstić information content (AvgIpc) is 3.24. The first-order valence-corrected chi connectivity index (χ1v) is 14.2. The SMILES string of the molecule is CC(C)(C)S(=O)N[C@@H](c1cc2cc(Cl)cc(-c3cc([C@](C)(O)C(F)(F)F)ccn3)c2s1)c1ccccc1Cl. The summed E-state index contributed by atoms with van der Waals surface area (Å²) >= 11 is 14.3. The minimum atomic E-state index is -4.87. The lowest BCUT2D eigenvalue weighted by Gasteiger charge is -2.26. The van der Waals surface area contributed by atoms with Crippen LogP contribution in [0.2, 0.25) is 10.0 Å². The van der Waals surface area contributed by atoms with Crippen LogP contribution in [0.25, 0.3) is 21.3 Å². The maximum absolute atomic E-state index is 13.5. The lowest BCUT2D eigenvalue weighted by molar-refractivity contribution is -0.258. The molecule has 1 unspecified atom stereocenters. The lowest BCUT2D eigenvalue weighted by Crippen LogP contribution is -2.39. The summed E-state index contributed by atoms with van der Waals surface area (Å²) in [5.41, 5.74) is -1.92. The van der Waals surface area contributed by atoms with E-state index in [9.17, 15) is 22.5 Å². The molecular formula is C27H25Cl2F3N2O2S2. The largest absolute Gasteiger partial charge is 0.421 e. The third-order valence-corrected chi connectivity index (χ3v) is 9.41. The first-order valence-electron chi connectivity index (χ1n) is 11.5. The van der Waals surface area contributed by atoms with E-state index in [0.717, 1.165) is 26.6 Å². The zero-order valence-electron chi connectivity index (χ0n) is 20.9. The first kappa shape index (κ1) is 29.0. The van der Waals surface area contributed by atoms with Gasteiger partial charge >= 0.3 is 6.18 Å². The number of halogens is 5. The molecule has 2 N–H and O–H groups in total. The number of alkyl halides is 3. The summed E-state index contributed by atoms with van der Waals surface area (Å²) in [6, 6.07) is 14.3. The van der Waals surface area contributed by atoms with Crippen LogP contribution in [0.3, 0.4) is 0 Å². The highest BCUT2D eigenvalue weighted by Crippen LogP contribution is 2.43. The van der Waals surface area contributed by atoms with Gasteiger partial charge in [-0.2, -0.15) is 13.2 Å². The number of pyridine rings is 1. The Bertz CT molecular complexity index is 1510. The third kappa shape index (κ3) is 5.78. The van der Waals surface area contributed by atoms with Gasteiger partial charge in [0.25, 0.3) is 0 Å². The smallest absolute Gasteiger partial charge is 0.376 e. The number of aromatic nitrogens is 1. The fraction of sp³-hybridized carbons (Fsp3) is 0.296. The number of hydrogen-bond acceptors (Lipinski definition) is 4. The molecule has 2 aromatic heterocycles. The van der Waals surface area contributed by atoms with Crippen molar-refractivity contribution >= 4 is 55.6 Å². The van der Waals surface area contributed by atoms with Crippen LogP contribution in [0.4, 0.5) is 13.2 Å². The number of thiophene rings is 1. The Morgan fingerprint density at radius 2 is 1.71 bits per heavy atom. The highest BCUT2D eigenvalue weighted by Gasteiger charge is 2.51. The number of nitrogens with zero attached hydrogens (tertiary/aromatic N) is 1. The van der Waals surface area contributed by atoms with Gasteiger partial charge in [-0.3, -0.25) is 4.98 Å². The predicted molar refractivity (Wildman–Crippen MR) is 150 cm³/mol. The Morgan fingerprint density at radius 3 is 2.34 bits per heavy atom. The van der Waals surface area contributed by atoms with E-state index in [-0.39, 0.29) is 11.3 Å². The van der Waals surface area contributed by atoms with E-state index in [4.69, 9.17) is 23.2 Å². The number of hydrogen-bond donors (Lipinski definition) is 2. The molecule has 2 heterocycles. The topological polar surface area (TPSA) is 62.2 Å². The molecule has 4 nitrogen and oxygen atoms in total. The number of benzene rings is 2. The predicted octanol–water partition coefficient (Wildman–Crippen LogP) is 8.18. The van der Waals surface area contributed by atoms with E-state index >= 15 is 0 Å². The van der Waals surface area contributed by atoms with E-state index in [1.165, 1.54) is 23.6 Å². The third-order valence-electron chi connectivity index (χ3n) is 6.03. The maximum Gasteiger partial charge on any atom is 0.421 e. The minimum Gasteiger partial charge on any atom is -0.376 e. The molecule has 0 aliphatic heterocycles. The van der Waals surface area contributed by atoms with Gasteiger partial charge in [-0.05, 0) is 80.6 Å². The fourth-order valence-electron chi connectivity index (χ4n) is 3.78. The van der Waals surface area contributed by atoms with Gasteiger partial charge < -0.3 is 5.11 Å². The van der Waals surface area contributed by atoms with Crippen LogP contribution >= 0.6 is 34.5 Å². The average molecular weight is 602 g/mol. The molecule has 0 fully saturated rings. The van der Waals surface area contributed by atoms with Crippen molar-refractivity contribution in [3.05, 3.63) is 86.8 Å². The van der Waals surface area contributed by atoms with Gasteiger partial charge in [0.15, 0.2) is 5.60 Å². The zero-order valence-corrected chi connectivity index (χ0v) is 24.0. The molecule has 202 valence electrons. The Morgan fingerprint density at radius 1 is 1.03 bits per heavy atom. The van der Waals surface area contributed by atoms with Crippen molar-refractivity contribution in [3.63, 3.8) is 0 Å². The van der Waals surface area contributed by atoms with Crippen molar-refractivity contribution in [2.45, 2.75) is 50.3 Å². The molecule has 3 atom stereocenters. The van der Waals surface area contributed by atoms with E-state index in [1.807, 2.05) is 39.0 Å². The molecule has 11 heteroatoms. The molecule has 4 aromatic rings. The van der Waals surface area contributed by atoms with Gasteiger partial charge in [0, 0.05) is 31.4 Å². The number of nitrogens with one attached hydrogen (secondary N) is 1. The summed E-state index contributed by atoms with van der Waals surface area (Å²) in [4.78, 5) is 5.07. The van der Waals surface area contributed by atoms with E-state index < -0.39 is 33.6 Å². The lowest BCUT2D eigenvalue weighted by atomic mass is 9.94. The summed E-state index contributed by atoms with van der Waals surface area (Å²) in [6.45, 7) is 6.28. The van der Waals surface area contributed by atoms with Gasteiger partial charge in [-0.25, -0.2) is 8.93 Å². The van der Waals surface area contributed by atoms with Crippen molar-refractivity contribution < 1.29 is 22.5 Å². The van der Waals surface area contributed by atoms with Crippen molar-refractivity contribution in [2.75, 3.05) is 0 Å². The molecule has 0 aliphatic rings. The molecule has 0 radical (unpaired) electrons. The maximum atomic E-state index is 13.5. The Kier molecular flexibility index (Phi) is 8.02. The molecule has 38 heavy (non-hydrogen) atoms. The summed E-state index contributed by atoms with van der Waals surface area (Å²) in [6.07, 6.45) is -3.64. The van der Waals surface area contributed by atoms with Crippen molar-refractivity contribution in [2.24, 2.45) is 0 Å². The second kappa shape index (κ2) is 10.5. The second-order valence-corrected chi connectivity index (χ2v) is 13.9. The highest BCUT2D eigenvalue weighted by atomic mass is 35.5. The Hall–Kier alpha value is -2.01. The molecular weight excluding hydrogens is 576 g/mol. The summed E-state index contributed by atoms with van der Waals surface area (Å²) in [5, 5.41) is 11.8. The van der Waals surface area contributed by atoms with Crippen molar-refractivity contribution in [3.8, 4) is 11.3 Å². The van der Waals surface area contributed by atoms with Crippen LogP contribution in [0, 0.1) is 0 Å². The molecule has 0 aliphatic carbocycles. The van der Waals surface area contributed by atoms with Gasteiger partial charge in [0.1, 0.15) is 0 Å². The monoisotopic (exact) mass is 600 g/mol. The molecule has 0 saturated carbocycles. The first-order chi connectivity index (χ1) is 17.6. The second-order valence-electron chi connectivity index (χ2n) is 9.97.